The summed E-state index contributed by atoms with van der Waals surface area (Å²) in [5.74, 6) is -0.764. The predicted octanol–water partition coefficient (Wildman–Crippen LogP) is 2.66. The standard InChI is InChI=1S/C14H25NO3/c1-3-4-7-12(10-11(2)16)8-5-6-9-13(15)14(17)18/h7,13H,3-6,8-10,15H2,1-2H3,(H,17,18)/b12-7-. The number of hydrogen-bond acceptors (Lipinski definition) is 3. The summed E-state index contributed by atoms with van der Waals surface area (Å²) in [5.41, 5.74) is 6.60. The number of carboxylic acids is 1. The highest BCUT2D eigenvalue weighted by Crippen LogP contribution is 2.15. The highest BCUT2D eigenvalue weighted by atomic mass is 16.4. The highest BCUT2D eigenvalue weighted by Gasteiger charge is 2.10. The molecule has 1 unspecified atom stereocenters. The minimum Gasteiger partial charge on any atom is -0.480 e. The fourth-order valence-corrected chi connectivity index (χ4v) is 1.77. The van der Waals surface area contributed by atoms with Gasteiger partial charge in [-0.05, 0) is 32.6 Å². The molecule has 0 heterocycles. The van der Waals surface area contributed by atoms with Crippen LogP contribution in [-0.4, -0.2) is 22.9 Å². The Morgan fingerprint density at radius 2 is 2.00 bits per heavy atom. The quantitative estimate of drug-likeness (QED) is 0.464. The van der Waals surface area contributed by atoms with Crippen LogP contribution in [0.25, 0.3) is 0 Å². The largest absolute Gasteiger partial charge is 0.480 e. The molecule has 0 rings (SSSR count). The summed E-state index contributed by atoms with van der Waals surface area (Å²) in [6.07, 6.45) is 7.77. The van der Waals surface area contributed by atoms with Gasteiger partial charge >= 0.3 is 5.97 Å². The SMILES string of the molecule is CCC/C=C(/CCCCC(N)C(=O)O)CC(C)=O. The number of carbonyl (C=O) groups excluding carboxylic acids is 1. The Kier molecular flexibility index (Phi) is 9.19. The Bertz CT molecular complexity index is 297. The summed E-state index contributed by atoms with van der Waals surface area (Å²) in [5, 5.41) is 8.64. The summed E-state index contributed by atoms with van der Waals surface area (Å²) in [4.78, 5) is 21.6. The second kappa shape index (κ2) is 9.83. The van der Waals surface area contributed by atoms with E-state index in [0.717, 1.165) is 32.1 Å². The van der Waals surface area contributed by atoms with Crippen molar-refractivity contribution in [2.45, 2.75) is 64.8 Å². The van der Waals surface area contributed by atoms with Crippen LogP contribution in [0.5, 0.6) is 0 Å². The van der Waals surface area contributed by atoms with Crippen molar-refractivity contribution in [2.75, 3.05) is 0 Å². The molecule has 104 valence electrons. The Hall–Kier alpha value is -1.16. The number of aliphatic carboxylic acids is 1. The number of carbonyl (C=O) groups is 2. The molecular weight excluding hydrogens is 230 g/mol. The first-order valence-corrected chi connectivity index (χ1v) is 6.63. The first-order chi connectivity index (χ1) is 8.47. The zero-order chi connectivity index (χ0) is 14.0. The lowest BCUT2D eigenvalue weighted by molar-refractivity contribution is -0.138. The summed E-state index contributed by atoms with van der Waals surface area (Å²) < 4.78 is 0. The molecule has 18 heavy (non-hydrogen) atoms. The van der Waals surface area contributed by atoms with Gasteiger partial charge in [0.05, 0.1) is 0 Å². The lowest BCUT2D eigenvalue weighted by atomic mass is 10.00. The van der Waals surface area contributed by atoms with Gasteiger partial charge in [0.15, 0.2) is 0 Å². The number of carboxylic acid groups (broad SMARTS) is 1. The molecule has 0 aromatic carbocycles. The Morgan fingerprint density at radius 1 is 1.33 bits per heavy atom. The fraction of sp³-hybridized carbons (Fsp3) is 0.714. The zero-order valence-corrected chi connectivity index (χ0v) is 11.4. The number of rotatable bonds is 10. The van der Waals surface area contributed by atoms with Gasteiger partial charge in [-0.15, -0.1) is 0 Å². The van der Waals surface area contributed by atoms with E-state index in [1.54, 1.807) is 6.92 Å². The molecule has 0 aliphatic rings. The monoisotopic (exact) mass is 255 g/mol. The van der Waals surface area contributed by atoms with Crippen molar-refractivity contribution in [1.29, 1.82) is 0 Å². The van der Waals surface area contributed by atoms with Gasteiger partial charge in [-0.2, -0.15) is 0 Å². The number of unbranched alkanes of at least 4 members (excludes halogenated alkanes) is 2. The number of allylic oxidation sites excluding steroid dienone is 2. The molecule has 4 nitrogen and oxygen atoms in total. The van der Waals surface area contributed by atoms with E-state index in [0.29, 0.717) is 12.8 Å². The van der Waals surface area contributed by atoms with Crippen LogP contribution in [0.3, 0.4) is 0 Å². The fourth-order valence-electron chi connectivity index (χ4n) is 1.77. The number of ketones is 1. The van der Waals surface area contributed by atoms with Gasteiger partial charge in [0.1, 0.15) is 11.8 Å². The second-order valence-electron chi connectivity index (χ2n) is 4.72. The first kappa shape index (κ1) is 16.8. The van der Waals surface area contributed by atoms with Crippen molar-refractivity contribution in [2.24, 2.45) is 5.73 Å². The van der Waals surface area contributed by atoms with E-state index in [-0.39, 0.29) is 5.78 Å². The van der Waals surface area contributed by atoms with Gasteiger partial charge in [-0.25, -0.2) is 0 Å². The van der Waals surface area contributed by atoms with Crippen molar-refractivity contribution in [3.8, 4) is 0 Å². The molecule has 0 aromatic heterocycles. The van der Waals surface area contributed by atoms with Crippen LogP contribution >= 0.6 is 0 Å². The Labute approximate surface area is 109 Å². The number of hydrogen-bond donors (Lipinski definition) is 2. The third-order valence-electron chi connectivity index (χ3n) is 2.78. The summed E-state index contributed by atoms with van der Waals surface area (Å²) in [6, 6.07) is -0.763. The third-order valence-corrected chi connectivity index (χ3v) is 2.78. The maximum Gasteiger partial charge on any atom is 0.320 e. The van der Waals surface area contributed by atoms with Gasteiger partial charge in [0.25, 0.3) is 0 Å². The van der Waals surface area contributed by atoms with Gasteiger partial charge in [-0.3, -0.25) is 9.59 Å². The van der Waals surface area contributed by atoms with Gasteiger partial charge < -0.3 is 10.8 Å². The highest BCUT2D eigenvalue weighted by molar-refractivity contribution is 5.78. The first-order valence-electron chi connectivity index (χ1n) is 6.63. The van der Waals surface area contributed by atoms with Crippen LogP contribution in [0, 0.1) is 0 Å². The van der Waals surface area contributed by atoms with Crippen LogP contribution in [0.2, 0.25) is 0 Å². The molecule has 4 heteroatoms. The van der Waals surface area contributed by atoms with E-state index in [9.17, 15) is 9.59 Å². The predicted molar refractivity (Wildman–Crippen MR) is 72.4 cm³/mol. The minimum absolute atomic E-state index is 0.180. The molecule has 0 saturated carbocycles. The zero-order valence-electron chi connectivity index (χ0n) is 11.4. The average Bonchev–Trinajstić information content (AvgIpc) is 2.29. The molecule has 0 spiro atoms. The molecule has 0 aliphatic heterocycles. The number of Topliss-reactive ketones (excluding diaryl/α,β-unsaturated/α-hetero) is 1. The molecule has 0 amide bonds. The van der Waals surface area contributed by atoms with E-state index in [1.165, 1.54) is 5.57 Å². The molecule has 0 radical (unpaired) electrons. The van der Waals surface area contributed by atoms with Crippen LogP contribution in [0.4, 0.5) is 0 Å². The lowest BCUT2D eigenvalue weighted by Crippen LogP contribution is -2.29. The summed E-state index contributed by atoms with van der Waals surface area (Å²) >= 11 is 0. The third kappa shape index (κ3) is 8.93. The molecule has 1 atom stereocenters. The normalized spacial score (nSPS) is 13.4. The van der Waals surface area contributed by atoms with E-state index in [1.807, 2.05) is 0 Å². The van der Waals surface area contributed by atoms with Crippen LogP contribution in [-0.2, 0) is 9.59 Å². The van der Waals surface area contributed by atoms with Crippen molar-refractivity contribution in [3.05, 3.63) is 11.6 Å². The van der Waals surface area contributed by atoms with E-state index in [2.05, 4.69) is 13.0 Å². The smallest absolute Gasteiger partial charge is 0.320 e. The second-order valence-corrected chi connectivity index (χ2v) is 4.72. The van der Waals surface area contributed by atoms with Gasteiger partial charge in [0, 0.05) is 6.42 Å². The molecule has 0 aromatic rings. The maximum absolute atomic E-state index is 11.1. The molecular formula is C14H25NO3. The summed E-state index contributed by atoms with van der Waals surface area (Å²) in [6.45, 7) is 3.70. The molecule has 0 fully saturated rings. The van der Waals surface area contributed by atoms with Crippen LogP contribution in [0.15, 0.2) is 11.6 Å². The van der Waals surface area contributed by atoms with Gasteiger partial charge in [0.2, 0.25) is 0 Å². The summed E-state index contributed by atoms with van der Waals surface area (Å²) in [7, 11) is 0. The molecule has 3 N–H and O–H groups in total. The number of nitrogens with two attached hydrogens (primary N) is 1. The van der Waals surface area contributed by atoms with Crippen molar-refractivity contribution >= 4 is 11.8 Å². The van der Waals surface area contributed by atoms with Crippen LogP contribution < -0.4 is 5.73 Å². The molecule has 0 bridgehead atoms. The van der Waals surface area contributed by atoms with E-state index < -0.39 is 12.0 Å². The van der Waals surface area contributed by atoms with Gasteiger partial charge in [-0.1, -0.05) is 31.4 Å². The topological polar surface area (TPSA) is 80.4 Å². The Morgan fingerprint density at radius 3 is 2.50 bits per heavy atom. The van der Waals surface area contributed by atoms with E-state index in [4.69, 9.17) is 10.8 Å². The molecule has 0 saturated heterocycles. The average molecular weight is 255 g/mol. The van der Waals surface area contributed by atoms with Crippen molar-refractivity contribution in [1.82, 2.24) is 0 Å². The maximum atomic E-state index is 11.1. The van der Waals surface area contributed by atoms with E-state index >= 15 is 0 Å². The Balaban J connectivity index is 3.96. The molecule has 0 aliphatic carbocycles. The van der Waals surface area contributed by atoms with Crippen molar-refractivity contribution < 1.29 is 14.7 Å². The minimum atomic E-state index is -0.944. The lowest BCUT2D eigenvalue weighted by Gasteiger charge is -2.08. The van der Waals surface area contributed by atoms with Crippen LogP contribution in [0.1, 0.15) is 58.8 Å². The van der Waals surface area contributed by atoms with Crippen molar-refractivity contribution in [3.63, 3.8) is 0 Å².